The topological polar surface area (TPSA) is 80.9 Å². The van der Waals surface area contributed by atoms with Gasteiger partial charge in [0.05, 0.1) is 5.69 Å². The first kappa shape index (κ1) is 21.0. The number of hydrogen-bond donors (Lipinski definition) is 1. The molecular formula is C19H16BrF3N4O2. The summed E-state index contributed by atoms with van der Waals surface area (Å²) < 4.78 is 35.0. The second-order valence-corrected chi connectivity index (χ2v) is 7.28. The Labute approximate surface area is 172 Å². The first-order chi connectivity index (χ1) is 13.7. The second-order valence-electron chi connectivity index (χ2n) is 6.37. The van der Waals surface area contributed by atoms with E-state index < -0.39 is 12.1 Å². The van der Waals surface area contributed by atoms with Crippen LogP contribution in [-0.2, 0) is 17.6 Å². The lowest BCUT2D eigenvalue weighted by Gasteiger charge is -2.12. The van der Waals surface area contributed by atoms with Crippen LogP contribution in [0, 0.1) is 6.92 Å². The van der Waals surface area contributed by atoms with Crippen molar-refractivity contribution in [1.82, 2.24) is 19.7 Å². The molecule has 0 unspecified atom stereocenters. The van der Waals surface area contributed by atoms with E-state index in [2.05, 4.69) is 53.9 Å². The number of nitrogens with zero attached hydrogens (tertiary/aromatic N) is 4. The molecule has 0 saturated carbocycles. The number of pyridine rings is 1. The van der Waals surface area contributed by atoms with Crippen LogP contribution < -0.4 is 0 Å². The second kappa shape index (κ2) is 8.32. The van der Waals surface area contributed by atoms with Crippen molar-refractivity contribution in [3.63, 3.8) is 0 Å². The molecule has 1 aliphatic rings. The van der Waals surface area contributed by atoms with Crippen molar-refractivity contribution in [3.8, 4) is 17.2 Å². The number of benzene rings is 1. The molecule has 1 aliphatic heterocycles. The standard InChI is InChI=1S/C17H15BrN4.C2HF3O2/c1-11-4-2-6-14(19-11)17-21-20-16-7-3-5-12-10-13(18)8-9-15(12)22(16)17;3-2(4,5)1(6)7/h2,4,6,8-10H,3,5,7H2,1H3;(H,6,7). The summed E-state index contributed by atoms with van der Waals surface area (Å²) in [6, 6.07) is 12.4. The van der Waals surface area contributed by atoms with Gasteiger partial charge in [-0.15, -0.1) is 10.2 Å². The zero-order valence-corrected chi connectivity index (χ0v) is 16.8. The van der Waals surface area contributed by atoms with Crippen molar-refractivity contribution in [1.29, 1.82) is 0 Å². The minimum absolute atomic E-state index is 0.823. The number of carbonyl (C=O) groups is 1. The van der Waals surface area contributed by atoms with Crippen LogP contribution in [0.5, 0.6) is 0 Å². The average Bonchev–Trinajstić information content (AvgIpc) is 2.97. The van der Waals surface area contributed by atoms with Crippen LogP contribution in [0.25, 0.3) is 17.2 Å². The summed E-state index contributed by atoms with van der Waals surface area (Å²) in [5.74, 6) is -0.920. The summed E-state index contributed by atoms with van der Waals surface area (Å²) >= 11 is 3.57. The molecule has 0 spiro atoms. The summed E-state index contributed by atoms with van der Waals surface area (Å²) in [4.78, 5) is 13.5. The molecule has 0 saturated heterocycles. The quantitative estimate of drug-likeness (QED) is 0.567. The van der Waals surface area contributed by atoms with Crippen LogP contribution in [0.15, 0.2) is 40.9 Å². The maximum atomic E-state index is 10.6. The van der Waals surface area contributed by atoms with E-state index in [1.165, 1.54) is 11.3 Å². The van der Waals surface area contributed by atoms with Crippen molar-refractivity contribution in [2.45, 2.75) is 32.4 Å². The minimum atomic E-state index is -5.08. The van der Waals surface area contributed by atoms with E-state index in [1.807, 2.05) is 25.1 Å². The SMILES string of the molecule is Cc1cccc(-c2nnc3n2-c2ccc(Br)cc2CCC3)n1.O=C(O)C(F)(F)F. The molecule has 29 heavy (non-hydrogen) atoms. The van der Waals surface area contributed by atoms with Gasteiger partial charge in [-0.1, -0.05) is 22.0 Å². The number of aromatic nitrogens is 4. The summed E-state index contributed by atoms with van der Waals surface area (Å²) in [6.07, 6.45) is -2.01. The Kier molecular flexibility index (Phi) is 6.02. The number of carboxylic acids is 1. The van der Waals surface area contributed by atoms with Crippen molar-refractivity contribution < 1.29 is 23.1 Å². The van der Waals surface area contributed by atoms with Gasteiger partial charge in [0.2, 0.25) is 0 Å². The smallest absolute Gasteiger partial charge is 0.475 e. The Balaban J connectivity index is 0.000000298. The maximum absolute atomic E-state index is 10.6. The molecule has 3 heterocycles. The van der Waals surface area contributed by atoms with Crippen LogP contribution in [0.3, 0.4) is 0 Å². The van der Waals surface area contributed by atoms with Crippen LogP contribution in [-0.4, -0.2) is 37.0 Å². The third-order valence-corrected chi connectivity index (χ3v) is 4.71. The Morgan fingerprint density at radius 1 is 1.17 bits per heavy atom. The fourth-order valence-electron chi connectivity index (χ4n) is 2.97. The number of alkyl halides is 3. The van der Waals surface area contributed by atoms with Gasteiger partial charge in [0.1, 0.15) is 11.5 Å². The normalized spacial score (nSPS) is 12.9. The van der Waals surface area contributed by atoms with E-state index in [9.17, 15) is 13.2 Å². The summed E-state index contributed by atoms with van der Waals surface area (Å²) in [7, 11) is 0. The molecule has 0 aliphatic carbocycles. The molecule has 2 aromatic heterocycles. The van der Waals surface area contributed by atoms with Crippen molar-refractivity contribution >= 4 is 21.9 Å². The molecule has 4 rings (SSSR count). The molecule has 152 valence electrons. The average molecular weight is 469 g/mol. The third-order valence-electron chi connectivity index (χ3n) is 4.22. The van der Waals surface area contributed by atoms with Gasteiger partial charge in [0.15, 0.2) is 5.82 Å². The van der Waals surface area contributed by atoms with E-state index in [0.717, 1.165) is 46.8 Å². The highest BCUT2D eigenvalue weighted by Gasteiger charge is 2.38. The number of aryl methyl sites for hydroxylation is 3. The number of fused-ring (bicyclic) bond motifs is 3. The maximum Gasteiger partial charge on any atom is 0.490 e. The van der Waals surface area contributed by atoms with Crippen molar-refractivity contribution in [2.24, 2.45) is 0 Å². The molecule has 0 amide bonds. The van der Waals surface area contributed by atoms with Gasteiger partial charge < -0.3 is 5.11 Å². The van der Waals surface area contributed by atoms with Gasteiger partial charge in [-0.05, 0) is 55.7 Å². The lowest BCUT2D eigenvalue weighted by molar-refractivity contribution is -0.192. The number of halogens is 4. The molecular weight excluding hydrogens is 453 g/mol. The highest BCUT2D eigenvalue weighted by molar-refractivity contribution is 9.10. The van der Waals surface area contributed by atoms with Gasteiger partial charge in [-0.3, -0.25) is 4.57 Å². The Morgan fingerprint density at radius 3 is 2.55 bits per heavy atom. The Morgan fingerprint density at radius 2 is 1.90 bits per heavy atom. The van der Waals surface area contributed by atoms with E-state index in [0.29, 0.717) is 0 Å². The molecule has 0 radical (unpaired) electrons. The van der Waals surface area contributed by atoms with Gasteiger partial charge in [0.25, 0.3) is 0 Å². The van der Waals surface area contributed by atoms with Crippen LogP contribution >= 0.6 is 15.9 Å². The molecule has 3 aromatic rings. The zero-order chi connectivity index (χ0) is 21.2. The minimum Gasteiger partial charge on any atom is -0.475 e. The summed E-state index contributed by atoms with van der Waals surface area (Å²) in [5.41, 5.74) is 4.34. The molecule has 0 atom stereocenters. The molecule has 1 N–H and O–H groups in total. The van der Waals surface area contributed by atoms with Crippen LogP contribution in [0.1, 0.15) is 23.5 Å². The number of hydrogen-bond acceptors (Lipinski definition) is 4. The van der Waals surface area contributed by atoms with E-state index in [1.54, 1.807) is 0 Å². The predicted octanol–water partition coefficient (Wildman–Crippen LogP) is 4.52. The molecule has 1 aromatic carbocycles. The lowest BCUT2D eigenvalue weighted by atomic mass is 10.1. The van der Waals surface area contributed by atoms with Crippen molar-refractivity contribution in [2.75, 3.05) is 0 Å². The van der Waals surface area contributed by atoms with Gasteiger partial charge >= 0.3 is 12.1 Å². The van der Waals surface area contributed by atoms with Crippen LogP contribution in [0.2, 0.25) is 0 Å². The first-order valence-corrected chi connectivity index (χ1v) is 9.43. The van der Waals surface area contributed by atoms with Gasteiger partial charge in [0, 0.05) is 16.6 Å². The number of aliphatic carboxylic acids is 1. The molecule has 10 heteroatoms. The predicted molar refractivity (Wildman–Crippen MR) is 103 cm³/mol. The molecule has 0 bridgehead atoms. The molecule has 6 nitrogen and oxygen atoms in total. The lowest BCUT2D eigenvalue weighted by Crippen LogP contribution is -2.21. The summed E-state index contributed by atoms with van der Waals surface area (Å²) in [6.45, 7) is 1.99. The van der Waals surface area contributed by atoms with E-state index >= 15 is 0 Å². The van der Waals surface area contributed by atoms with Crippen LogP contribution in [0.4, 0.5) is 13.2 Å². The Hall–Kier alpha value is -2.75. The van der Waals surface area contributed by atoms with E-state index in [4.69, 9.17) is 9.90 Å². The Bertz CT molecular complexity index is 1050. The van der Waals surface area contributed by atoms with E-state index in [-0.39, 0.29) is 0 Å². The number of rotatable bonds is 1. The largest absolute Gasteiger partial charge is 0.490 e. The molecule has 0 fully saturated rings. The fraction of sp³-hybridized carbons (Fsp3) is 0.263. The third kappa shape index (κ3) is 4.81. The van der Waals surface area contributed by atoms with Crippen molar-refractivity contribution in [3.05, 3.63) is 58.0 Å². The highest BCUT2D eigenvalue weighted by atomic mass is 79.9. The number of carboxylic acid groups (broad SMARTS) is 1. The van der Waals surface area contributed by atoms with Gasteiger partial charge in [-0.25, -0.2) is 9.78 Å². The summed E-state index contributed by atoms with van der Waals surface area (Å²) in [5, 5.41) is 15.9. The monoisotopic (exact) mass is 468 g/mol. The first-order valence-electron chi connectivity index (χ1n) is 8.64. The zero-order valence-electron chi connectivity index (χ0n) is 15.2. The fourth-order valence-corrected chi connectivity index (χ4v) is 3.38. The highest BCUT2D eigenvalue weighted by Crippen LogP contribution is 2.30. The van der Waals surface area contributed by atoms with Gasteiger partial charge in [-0.2, -0.15) is 13.2 Å².